The van der Waals surface area contributed by atoms with Gasteiger partial charge in [0.1, 0.15) is 12.4 Å². The summed E-state index contributed by atoms with van der Waals surface area (Å²) in [6, 6.07) is 5.71. The lowest BCUT2D eigenvalue weighted by atomic mass is 10.2. The SMILES string of the molecule is CCOc1cccc(CN)c1OCc1nnc(C)n1C. The van der Waals surface area contributed by atoms with Crippen molar-refractivity contribution in [2.45, 2.75) is 27.0 Å². The van der Waals surface area contributed by atoms with Crippen molar-refractivity contribution < 1.29 is 9.47 Å². The van der Waals surface area contributed by atoms with Crippen molar-refractivity contribution in [3.63, 3.8) is 0 Å². The van der Waals surface area contributed by atoms with E-state index in [2.05, 4.69) is 10.2 Å². The van der Waals surface area contributed by atoms with Gasteiger partial charge in [0.25, 0.3) is 0 Å². The number of rotatable bonds is 6. The number of hydrogen-bond acceptors (Lipinski definition) is 5. The van der Waals surface area contributed by atoms with Crippen molar-refractivity contribution in [1.82, 2.24) is 14.8 Å². The van der Waals surface area contributed by atoms with Crippen molar-refractivity contribution in [3.8, 4) is 11.5 Å². The third kappa shape index (κ3) is 2.91. The minimum atomic E-state index is 0.328. The van der Waals surface area contributed by atoms with Gasteiger partial charge in [-0.25, -0.2) is 0 Å². The maximum atomic E-state index is 5.86. The van der Waals surface area contributed by atoms with Gasteiger partial charge in [-0.05, 0) is 19.9 Å². The zero-order valence-corrected chi connectivity index (χ0v) is 12.1. The Bertz CT molecular complexity index is 581. The zero-order chi connectivity index (χ0) is 14.5. The van der Waals surface area contributed by atoms with E-state index in [1.165, 1.54) is 0 Å². The molecule has 0 aliphatic heterocycles. The van der Waals surface area contributed by atoms with Crippen molar-refractivity contribution in [3.05, 3.63) is 35.4 Å². The highest BCUT2D eigenvalue weighted by molar-refractivity contribution is 5.46. The van der Waals surface area contributed by atoms with Gasteiger partial charge in [-0.1, -0.05) is 12.1 Å². The van der Waals surface area contributed by atoms with Crippen LogP contribution >= 0.6 is 0 Å². The summed E-state index contributed by atoms with van der Waals surface area (Å²) < 4.78 is 13.3. The number of aromatic nitrogens is 3. The molecule has 0 atom stereocenters. The van der Waals surface area contributed by atoms with Gasteiger partial charge in [0, 0.05) is 19.2 Å². The molecule has 2 rings (SSSR count). The van der Waals surface area contributed by atoms with Crippen molar-refractivity contribution in [2.24, 2.45) is 12.8 Å². The molecule has 0 unspecified atom stereocenters. The smallest absolute Gasteiger partial charge is 0.170 e. The van der Waals surface area contributed by atoms with E-state index in [-0.39, 0.29) is 0 Å². The molecule has 0 amide bonds. The van der Waals surface area contributed by atoms with E-state index in [4.69, 9.17) is 15.2 Å². The third-order valence-corrected chi connectivity index (χ3v) is 3.11. The summed E-state index contributed by atoms with van der Waals surface area (Å²) in [7, 11) is 1.91. The Hall–Kier alpha value is -2.08. The fourth-order valence-corrected chi connectivity index (χ4v) is 1.87. The van der Waals surface area contributed by atoms with Crippen LogP contribution in [0.4, 0.5) is 0 Å². The maximum Gasteiger partial charge on any atom is 0.170 e. The minimum absolute atomic E-state index is 0.328. The van der Waals surface area contributed by atoms with Crippen LogP contribution in [-0.4, -0.2) is 21.4 Å². The second kappa shape index (κ2) is 6.38. The number of ether oxygens (including phenoxy) is 2. The fraction of sp³-hybridized carbons (Fsp3) is 0.429. The van der Waals surface area contributed by atoms with E-state index in [1.807, 2.05) is 43.7 Å². The molecule has 0 aliphatic carbocycles. The van der Waals surface area contributed by atoms with Crippen LogP contribution < -0.4 is 15.2 Å². The van der Waals surface area contributed by atoms with Crippen LogP contribution in [0.15, 0.2) is 18.2 Å². The second-order valence-corrected chi connectivity index (χ2v) is 4.39. The predicted molar refractivity (Wildman–Crippen MR) is 75.6 cm³/mol. The Labute approximate surface area is 118 Å². The standard InChI is InChI=1S/C14H20N4O2/c1-4-19-12-7-5-6-11(8-15)14(12)20-9-13-17-16-10(2)18(13)3/h5-7H,4,8-9,15H2,1-3H3. The summed E-state index contributed by atoms with van der Waals surface area (Å²) in [6.45, 7) is 5.14. The topological polar surface area (TPSA) is 75.2 Å². The Kier molecular flexibility index (Phi) is 4.57. The Morgan fingerprint density at radius 2 is 2.05 bits per heavy atom. The first kappa shape index (κ1) is 14.3. The van der Waals surface area contributed by atoms with Crippen LogP contribution in [-0.2, 0) is 20.2 Å². The first-order valence-electron chi connectivity index (χ1n) is 6.59. The number of nitrogens with two attached hydrogens (primary N) is 1. The summed E-state index contributed by atoms with van der Waals surface area (Å²) in [4.78, 5) is 0. The minimum Gasteiger partial charge on any atom is -0.490 e. The number of aryl methyl sites for hydroxylation is 1. The van der Waals surface area contributed by atoms with Crippen LogP contribution in [0, 0.1) is 6.92 Å². The summed E-state index contributed by atoms with van der Waals surface area (Å²) >= 11 is 0. The molecule has 0 spiro atoms. The molecule has 0 fully saturated rings. The molecule has 6 nitrogen and oxygen atoms in total. The molecule has 1 aromatic carbocycles. The Morgan fingerprint density at radius 1 is 1.25 bits per heavy atom. The number of benzene rings is 1. The zero-order valence-electron chi connectivity index (χ0n) is 12.1. The number of nitrogens with zero attached hydrogens (tertiary/aromatic N) is 3. The van der Waals surface area contributed by atoms with Crippen molar-refractivity contribution in [1.29, 1.82) is 0 Å². The van der Waals surface area contributed by atoms with Crippen LogP contribution in [0.1, 0.15) is 24.1 Å². The van der Waals surface area contributed by atoms with E-state index in [0.29, 0.717) is 31.3 Å². The molecule has 1 heterocycles. The normalized spacial score (nSPS) is 10.6. The Morgan fingerprint density at radius 3 is 2.65 bits per heavy atom. The molecule has 0 bridgehead atoms. The van der Waals surface area contributed by atoms with E-state index < -0.39 is 0 Å². The molecule has 20 heavy (non-hydrogen) atoms. The predicted octanol–water partition coefficient (Wildman–Crippen LogP) is 1.56. The lowest BCUT2D eigenvalue weighted by Crippen LogP contribution is -2.08. The molecular weight excluding hydrogens is 256 g/mol. The average molecular weight is 276 g/mol. The quantitative estimate of drug-likeness (QED) is 0.866. The summed E-state index contributed by atoms with van der Waals surface area (Å²) in [5.41, 5.74) is 6.66. The molecule has 2 N–H and O–H groups in total. The van der Waals surface area contributed by atoms with Gasteiger partial charge >= 0.3 is 0 Å². The lowest BCUT2D eigenvalue weighted by molar-refractivity contribution is 0.258. The van der Waals surface area contributed by atoms with Gasteiger partial charge in [-0.3, -0.25) is 0 Å². The van der Waals surface area contributed by atoms with Gasteiger partial charge in [-0.2, -0.15) is 0 Å². The highest BCUT2D eigenvalue weighted by atomic mass is 16.5. The molecule has 0 radical (unpaired) electrons. The first-order chi connectivity index (χ1) is 9.67. The van der Waals surface area contributed by atoms with Gasteiger partial charge < -0.3 is 19.8 Å². The van der Waals surface area contributed by atoms with E-state index >= 15 is 0 Å². The van der Waals surface area contributed by atoms with E-state index in [0.717, 1.165) is 17.2 Å². The van der Waals surface area contributed by atoms with Crippen LogP contribution in [0.3, 0.4) is 0 Å². The molecule has 6 heteroatoms. The Balaban J connectivity index is 2.21. The van der Waals surface area contributed by atoms with Crippen molar-refractivity contribution in [2.75, 3.05) is 6.61 Å². The largest absolute Gasteiger partial charge is 0.490 e. The van der Waals surface area contributed by atoms with E-state index in [1.54, 1.807) is 0 Å². The number of hydrogen-bond donors (Lipinski definition) is 1. The summed E-state index contributed by atoms with van der Waals surface area (Å²) in [5.74, 6) is 2.99. The van der Waals surface area contributed by atoms with Crippen molar-refractivity contribution >= 4 is 0 Å². The highest BCUT2D eigenvalue weighted by Gasteiger charge is 2.12. The van der Waals surface area contributed by atoms with Gasteiger partial charge in [0.2, 0.25) is 0 Å². The molecule has 2 aromatic rings. The molecule has 0 saturated carbocycles. The monoisotopic (exact) mass is 276 g/mol. The molecule has 108 valence electrons. The van der Waals surface area contributed by atoms with Gasteiger partial charge in [0.05, 0.1) is 6.61 Å². The molecule has 0 aliphatic rings. The van der Waals surface area contributed by atoms with E-state index in [9.17, 15) is 0 Å². The number of para-hydroxylation sites is 1. The second-order valence-electron chi connectivity index (χ2n) is 4.39. The first-order valence-corrected chi connectivity index (χ1v) is 6.59. The third-order valence-electron chi connectivity index (χ3n) is 3.11. The maximum absolute atomic E-state index is 5.86. The lowest BCUT2D eigenvalue weighted by Gasteiger charge is -2.14. The van der Waals surface area contributed by atoms with Gasteiger partial charge in [0.15, 0.2) is 17.3 Å². The molecule has 0 saturated heterocycles. The molecule has 1 aromatic heterocycles. The average Bonchev–Trinajstić information content (AvgIpc) is 2.77. The van der Waals surface area contributed by atoms with Gasteiger partial charge in [-0.15, -0.1) is 10.2 Å². The van der Waals surface area contributed by atoms with Crippen LogP contribution in [0.2, 0.25) is 0 Å². The van der Waals surface area contributed by atoms with Crippen LogP contribution in [0.25, 0.3) is 0 Å². The fourth-order valence-electron chi connectivity index (χ4n) is 1.87. The highest BCUT2D eigenvalue weighted by Crippen LogP contribution is 2.31. The van der Waals surface area contributed by atoms with Crippen LogP contribution in [0.5, 0.6) is 11.5 Å². The summed E-state index contributed by atoms with van der Waals surface area (Å²) in [5, 5.41) is 8.08. The summed E-state index contributed by atoms with van der Waals surface area (Å²) in [6.07, 6.45) is 0. The molecular formula is C14H20N4O2.